The number of fused-ring (bicyclic) bond motifs is 1. The number of hydrogen-bond donors (Lipinski definition) is 0. The molecule has 0 unspecified atom stereocenters. The number of amides is 2. The lowest BCUT2D eigenvalue weighted by Gasteiger charge is -2.38. The fourth-order valence-corrected chi connectivity index (χ4v) is 5.16. The highest BCUT2D eigenvalue weighted by molar-refractivity contribution is 5.94. The summed E-state index contributed by atoms with van der Waals surface area (Å²) in [5.41, 5.74) is 1.51. The maximum absolute atomic E-state index is 13.5. The Morgan fingerprint density at radius 1 is 1.03 bits per heavy atom. The number of carbonyl (C=O) groups excluding carboxylic acids is 2. The minimum absolute atomic E-state index is 0.0346. The third-order valence-electron chi connectivity index (χ3n) is 6.75. The third kappa shape index (κ3) is 4.35. The van der Waals surface area contributed by atoms with Crippen LogP contribution < -0.4 is 4.74 Å². The monoisotopic (exact) mass is 460 g/mol. The number of aromatic nitrogens is 2. The molecule has 174 valence electrons. The Labute approximate surface area is 197 Å². The normalized spacial score (nSPS) is 21.8. The van der Waals surface area contributed by atoms with Crippen LogP contribution >= 0.6 is 0 Å². The number of rotatable bonds is 4. The topological polar surface area (TPSA) is 75.6 Å². The second-order valence-corrected chi connectivity index (χ2v) is 8.76. The molecule has 5 rings (SSSR count). The van der Waals surface area contributed by atoms with E-state index in [1.807, 2.05) is 9.80 Å². The average Bonchev–Trinajstić information content (AvgIpc) is 3.24. The summed E-state index contributed by atoms with van der Waals surface area (Å²) in [6.45, 7) is 3.26. The number of hydrogen-bond acceptors (Lipinski definition) is 5. The number of halogens is 1. The van der Waals surface area contributed by atoms with Gasteiger partial charge < -0.3 is 14.5 Å². The van der Waals surface area contributed by atoms with Gasteiger partial charge in [-0.15, -0.1) is 0 Å². The minimum Gasteiger partial charge on any atom is -0.424 e. The highest BCUT2D eigenvalue weighted by Crippen LogP contribution is 2.42. The van der Waals surface area contributed by atoms with Crippen molar-refractivity contribution in [1.29, 1.82) is 0 Å². The van der Waals surface area contributed by atoms with Gasteiger partial charge in [0, 0.05) is 62.4 Å². The maximum Gasteiger partial charge on any atom is 0.321 e. The van der Waals surface area contributed by atoms with Gasteiger partial charge >= 0.3 is 6.01 Å². The van der Waals surface area contributed by atoms with Crippen LogP contribution in [0.1, 0.15) is 35.2 Å². The Morgan fingerprint density at radius 3 is 2.53 bits per heavy atom. The van der Waals surface area contributed by atoms with E-state index in [9.17, 15) is 14.0 Å². The summed E-state index contributed by atoms with van der Waals surface area (Å²) in [4.78, 5) is 37.6. The van der Waals surface area contributed by atoms with Crippen LogP contribution in [0.5, 0.6) is 11.8 Å². The van der Waals surface area contributed by atoms with Crippen molar-refractivity contribution in [2.24, 2.45) is 5.92 Å². The summed E-state index contributed by atoms with van der Waals surface area (Å²) >= 11 is 0. The van der Waals surface area contributed by atoms with E-state index in [0.29, 0.717) is 37.4 Å². The average molecular weight is 461 g/mol. The van der Waals surface area contributed by atoms with Gasteiger partial charge in [0.05, 0.1) is 0 Å². The number of nitrogens with zero attached hydrogens (tertiary/aromatic N) is 4. The predicted molar refractivity (Wildman–Crippen MR) is 123 cm³/mol. The molecule has 3 aromatic rings. The van der Waals surface area contributed by atoms with Crippen molar-refractivity contribution in [2.75, 3.05) is 19.6 Å². The van der Waals surface area contributed by atoms with Crippen LogP contribution in [0, 0.1) is 11.7 Å². The molecule has 0 radical (unpaired) electrons. The molecule has 2 amide bonds. The molecule has 2 aromatic carbocycles. The molecule has 7 nitrogen and oxygen atoms in total. The molecule has 2 aliphatic heterocycles. The van der Waals surface area contributed by atoms with Gasteiger partial charge in [0.15, 0.2) is 0 Å². The Hall–Kier alpha value is -3.81. The summed E-state index contributed by atoms with van der Waals surface area (Å²) in [6.07, 6.45) is 3.89. The highest BCUT2D eigenvalue weighted by atomic mass is 19.1. The number of piperidine rings is 1. The van der Waals surface area contributed by atoms with Crippen LogP contribution in [-0.2, 0) is 4.79 Å². The fraction of sp³-hybridized carbons (Fsp3) is 0.308. The lowest BCUT2D eigenvalue weighted by atomic mass is 9.81. The Balaban J connectivity index is 1.36. The van der Waals surface area contributed by atoms with Gasteiger partial charge in [0.2, 0.25) is 5.91 Å². The molecule has 0 N–H and O–H groups in total. The molecule has 3 atom stereocenters. The first kappa shape index (κ1) is 22.0. The van der Waals surface area contributed by atoms with Crippen molar-refractivity contribution in [3.05, 3.63) is 83.9 Å². The number of carbonyl (C=O) groups is 2. The lowest BCUT2D eigenvalue weighted by molar-refractivity contribution is -0.130. The first-order valence-corrected chi connectivity index (χ1v) is 11.4. The van der Waals surface area contributed by atoms with Gasteiger partial charge in [-0.3, -0.25) is 9.59 Å². The first-order chi connectivity index (χ1) is 16.5. The molecule has 8 heteroatoms. The van der Waals surface area contributed by atoms with Gasteiger partial charge in [0.25, 0.3) is 5.91 Å². The largest absolute Gasteiger partial charge is 0.424 e. The van der Waals surface area contributed by atoms with E-state index in [2.05, 4.69) is 9.97 Å². The second-order valence-electron chi connectivity index (χ2n) is 8.76. The van der Waals surface area contributed by atoms with Gasteiger partial charge in [-0.25, -0.2) is 14.4 Å². The molecule has 2 fully saturated rings. The molecule has 0 bridgehead atoms. The van der Waals surface area contributed by atoms with Gasteiger partial charge in [0.1, 0.15) is 11.6 Å². The van der Waals surface area contributed by atoms with Gasteiger partial charge in [-0.1, -0.05) is 18.2 Å². The molecule has 1 aromatic heterocycles. The highest BCUT2D eigenvalue weighted by Gasteiger charge is 2.47. The van der Waals surface area contributed by atoms with Crippen molar-refractivity contribution in [2.45, 2.75) is 25.3 Å². The molecule has 34 heavy (non-hydrogen) atoms. The summed E-state index contributed by atoms with van der Waals surface area (Å²) in [5.74, 6) is 0.286. The molecule has 2 aliphatic rings. The third-order valence-corrected chi connectivity index (χ3v) is 6.75. The SMILES string of the molecule is CC(=O)N1C[C@H](c2ccc(F)cc2)[C@H]2CN(C(=O)c3cccc(Oc4ncccn4)c3)CC[C@H]21. The standard InChI is InChI=1S/C26H25FN4O3/c1-17(32)31-16-22(18-6-8-20(27)9-7-18)23-15-30(13-10-24(23)31)25(33)19-4-2-5-21(14-19)34-26-28-11-3-12-29-26/h2-9,11-12,14,22-24H,10,13,15-16H2,1H3/t22-,23-,24-/m1/s1. The number of ether oxygens (including phenoxy) is 1. The van der Waals surface area contributed by atoms with Crippen LogP contribution in [0.15, 0.2) is 67.0 Å². The Morgan fingerprint density at radius 2 is 1.79 bits per heavy atom. The number of likely N-dealkylation sites (tertiary alicyclic amines) is 2. The van der Waals surface area contributed by atoms with Crippen molar-refractivity contribution in [3.63, 3.8) is 0 Å². The minimum atomic E-state index is -0.287. The van der Waals surface area contributed by atoms with Crippen LogP contribution in [0.2, 0.25) is 0 Å². The Kier molecular flexibility index (Phi) is 5.96. The number of benzene rings is 2. The molecule has 0 aliphatic carbocycles. The summed E-state index contributed by atoms with van der Waals surface area (Å²) in [7, 11) is 0. The van der Waals surface area contributed by atoms with Crippen LogP contribution in [0.3, 0.4) is 0 Å². The van der Waals surface area contributed by atoms with Crippen LogP contribution in [0.4, 0.5) is 4.39 Å². The van der Waals surface area contributed by atoms with E-state index in [-0.39, 0.29) is 41.5 Å². The smallest absolute Gasteiger partial charge is 0.321 e. The predicted octanol–water partition coefficient (Wildman–Crippen LogP) is 3.88. The fourth-order valence-electron chi connectivity index (χ4n) is 5.16. The van der Waals surface area contributed by atoms with Crippen molar-refractivity contribution >= 4 is 11.8 Å². The molecule has 0 saturated carbocycles. The van der Waals surface area contributed by atoms with E-state index in [0.717, 1.165) is 5.56 Å². The zero-order valence-corrected chi connectivity index (χ0v) is 18.8. The molecule has 2 saturated heterocycles. The van der Waals surface area contributed by atoms with E-state index < -0.39 is 0 Å². The van der Waals surface area contributed by atoms with Crippen LogP contribution in [0.25, 0.3) is 0 Å². The quantitative estimate of drug-likeness (QED) is 0.591. The maximum atomic E-state index is 13.5. The zero-order valence-electron chi connectivity index (χ0n) is 18.8. The van der Waals surface area contributed by atoms with E-state index in [1.165, 1.54) is 12.1 Å². The van der Waals surface area contributed by atoms with Crippen molar-refractivity contribution < 1.29 is 18.7 Å². The molecular weight excluding hydrogens is 435 g/mol. The van der Waals surface area contributed by atoms with Crippen molar-refractivity contribution in [1.82, 2.24) is 19.8 Å². The lowest BCUT2D eigenvalue weighted by Crippen LogP contribution is -2.49. The second kappa shape index (κ2) is 9.21. The zero-order chi connectivity index (χ0) is 23.7. The van der Waals surface area contributed by atoms with Gasteiger partial charge in [-0.2, -0.15) is 0 Å². The first-order valence-electron chi connectivity index (χ1n) is 11.4. The van der Waals surface area contributed by atoms with Crippen molar-refractivity contribution in [3.8, 4) is 11.8 Å². The Bertz CT molecular complexity index is 1190. The van der Waals surface area contributed by atoms with E-state index in [4.69, 9.17) is 4.74 Å². The van der Waals surface area contributed by atoms with Gasteiger partial charge in [-0.05, 0) is 48.4 Å². The summed E-state index contributed by atoms with van der Waals surface area (Å²) in [5, 5.41) is 0. The summed E-state index contributed by atoms with van der Waals surface area (Å²) < 4.78 is 19.2. The van der Waals surface area contributed by atoms with E-state index >= 15 is 0 Å². The molecule has 3 heterocycles. The molecular formula is C26H25FN4O3. The van der Waals surface area contributed by atoms with Crippen LogP contribution in [-0.4, -0.2) is 57.3 Å². The van der Waals surface area contributed by atoms with E-state index in [1.54, 1.807) is 61.8 Å². The summed E-state index contributed by atoms with van der Waals surface area (Å²) in [6, 6.07) is 15.4. The molecule has 0 spiro atoms.